The highest BCUT2D eigenvalue weighted by molar-refractivity contribution is 6.30. The standard InChI is InChI=1S/C18H17ClN2O5/c1-12-3-2-4-15(17(12)21(24)25)18(23)26-11-16(22)20-10-9-13-5-7-14(19)8-6-13/h2-8H,9-11H2,1H3,(H,20,22). The minimum Gasteiger partial charge on any atom is -0.452 e. The van der Waals surface area contributed by atoms with Gasteiger partial charge in [-0.1, -0.05) is 35.9 Å². The molecule has 0 radical (unpaired) electrons. The topological polar surface area (TPSA) is 98.5 Å². The van der Waals surface area contributed by atoms with Gasteiger partial charge in [0.2, 0.25) is 0 Å². The maximum absolute atomic E-state index is 12.0. The van der Waals surface area contributed by atoms with Crippen molar-refractivity contribution < 1.29 is 19.2 Å². The molecule has 0 aliphatic rings. The van der Waals surface area contributed by atoms with E-state index in [4.69, 9.17) is 16.3 Å². The number of halogens is 1. The summed E-state index contributed by atoms with van der Waals surface area (Å²) in [5.41, 5.74) is 0.851. The Morgan fingerprint density at radius 1 is 1.19 bits per heavy atom. The molecule has 8 heteroatoms. The molecule has 0 atom stereocenters. The van der Waals surface area contributed by atoms with Crippen LogP contribution in [0.25, 0.3) is 0 Å². The summed E-state index contributed by atoms with van der Waals surface area (Å²) in [6.45, 7) is 1.38. The van der Waals surface area contributed by atoms with Gasteiger partial charge in [0.25, 0.3) is 11.6 Å². The number of carbonyl (C=O) groups excluding carboxylic acids is 2. The second-order valence-corrected chi connectivity index (χ2v) is 5.97. The third kappa shape index (κ3) is 5.29. The second-order valence-electron chi connectivity index (χ2n) is 5.53. The first kappa shape index (κ1) is 19.4. The number of nitrogens with one attached hydrogen (secondary N) is 1. The van der Waals surface area contributed by atoms with Crippen LogP contribution in [0.5, 0.6) is 0 Å². The fourth-order valence-electron chi connectivity index (χ4n) is 2.32. The molecular weight excluding hydrogens is 360 g/mol. The lowest BCUT2D eigenvalue weighted by Crippen LogP contribution is -2.30. The minimum atomic E-state index is -0.909. The van der Waals surface area contributed by atoms with Gasteiger partial charge in [0.1, 0.15) is 5.56 Å². The molecule has 7 nitrogen and oxygen atoms in total. The van der Waals surface area contributed by atoms with Gasteiger partial charge in [-0.2, -0.15) is 0 Å². The molecule has 0 aromatic heterocycles. The molecule has 0 aliphatic carbocycles. The molecule has 2 aromatic carbocycles. The number of para-hydroxylation sites is 1. The Morgan fingerprint density at radius 2 is 1.88 bits per heavy atom. The Morgan fingerprint density at radius 3 is 2.54 bits per heavy atom. The lowest BCUT2D eigenvalue weighted by molar-refractivity contribution is -0.385. The predicted molar refractivity (Wildman–Crippen MR) is 96.3 cm³/mol. The fraction of sp³-hybridized carbons (Fsp3) is 0.222. The highest BCUT2D eigenvalue weighted by Gasteiger charge is 2.24. The van der Waals surface area contributed by atoms with Crippen LogP contribution in [0.4, 0.5) is 5.69 Å². The van der Waals surface area contributed by atoms with E-state index in [1.165, 1.54) is 25.1 Å². The van der Waals surface area contributed by atoms with Gasteiger partial charge in [-0.15, -0.1) is 0 Å². The molecule has 0 spiro atoms. The fourth-order valence-corrected chi connectivity index (χ4v) is 2.45. The Kier molecular flexibility index (Phi) is 6.68. The zero-order valence-corrected chi connectivity index (χ0v) is 14.8. The van der Waals surface area contributed by atoms with Crippen LogP contribution < -0.4 is 5.32 Å². The number of hydrogen-bond donors (Lipinski definition) is 1. The van der Waals surface area contributed by atoms with E-state index in [1.807, 2.05) is 12.1 Å². The van der Waals surface area contributed by atoms with Gasteiger partial charge in [-0.3, -0.25) is 14.9 Å². The number of ether oxygens (including phenoxy) is 1. The molecule has 136 valence electrons. The molecule has 1 N–H and O–H groups in total. The van der Waals surface area contributed by atoms with E-state index in [0.29, 0.717) is 23.6 Å². The Hall–Kier alpha value is -2.93. The minimum absolute atomic E-state index is 0.177. The summed E-state index contributed by atoms with van der Waals surface area (Å²) in [7, 11) is 0. The average molecular weight is 377 g/mol. The van der Waals surface area contributed by atoms with E-state index in [2.05, 4.69) is 5.32 Å². The number of nitro groups is 1. The van der Waals surface area contributed by atoms with Crippen LogP contribution in [0.2, 0.25) is 5.02 Å². The molecule has 0 aliphatic heterocycles. The number of aryl methyl sites for hydroxylation is 1. The summed E-state index contributed by atoms with van der Waals surface area (Å²) in [4.78, 5) is 34.3. The van der Waals surface area contributed by atoms with Gasteiger partial charge >= 0.3 is 5.97 Å². The highest BCUT2D eigenvalue weighted by Crippen LogP contribution is 2.23. The number of esters is 1. The van der Waals surface area contributed by atoms with Gasteiger partial charge in [-0.05, 0) is 37.1 Å². The van der Waals surface area contributed by atoms with Gasteiger partial charge in [-0.25, -0.2) is 4.79 Å². The van der Waals surface area contributed by atoms with Crippen LogP contribution in [0, 0.1) is 17.0 Å². The molecule has 0 fully saturated rings. The van der Waals surface area contributed by atoms with E-state index < -0.39 is 23.4 Å². The number of carbonyl (C=O) groups is 2. The monoisotopic (exact) mass is 376 g/mol. The summed E-state index contributed by atoms with van der Waals surface area (Å²) >= 11 is 5.80. The van der Waals surface area contributed by atoms with Crippen LogP contribution >= 0.6 is 11.6 Å². The third-order valence-electron chi connectivity index (χ3n) is 3.62. The zero-order valence-electron chi connectivity index (χ0n) is 14.0. The first-order chi connectivity index (χ1) is 12.4. The Labute approximate surface area is 155 Å². The number of amides is 1. The molecule has 0 saturated heterocycles. The van der Waals surface area contributed by atoms with Crippen LogP contribution in [0.3, 0.4) is 0 Å². The van der Waals surface area contributed by atoms with Gasteiger partial charge in [0, 0.05) is 17.1 Å². The van der Waals surface area contributed by atoms with Crippen LogP contribution in [0.1, 0.15) is 21.5 Å². The van der Waals surface area contributed by atoms with Crippen molar-refractivity contribution in [1.29, 1.82) is 0 Å². The molecule has 2 aromatic rings. The van der Waals surface area contributed by atoms with E-state index in [-0.39, 0.29) is 11.3 Å². The third-order valence-corrected chi connectivity index (χ3v) is 3.88. The van der Waals surface area contributed by atoms with E-state index in [0.717, 1.165) is 5.56 Å². The number of nitro benzene ring substituents is 1. The predicted octanol–water partition coefficient (Wildman–Crippen LogP) is 3.07. The summed E-state index contributed by atoms with van der Waals surface area (Å²) in [5.74, 6) is -1.39. The van der Waals surface area contributed by atoms with Crippen molar-refractivity contribution in [2.45, 2.75) is 13.3 Å². The summed E-state index contributed by atoms with van der Waals surface area (Å²) in [5, 5.41) is 14.3. The summed E-state index contributed by atoms with van der Waals surface area (Å²) in [6, 6.07) is 11.6. The van der Waals surface area contributed by atoms with Gasteiger partial charge in [0.15, 0.2) is 6.61 Å². The average Bonchev–Trinajstić information content (AvgIpc) is 2.60. The van der Waals surface area contributed by atoms with Crippen LogP contribution in [0.15, 0.2) is 42.5 Å². The van der Waals surface area contributed by atoms with Crippen LogP contribution in [-0.4, -0.2) is 30.0 Å². The molecule has 0 bridgehead atoms. The lowest BCUT2D eigenvalue weighted by atomic mass is 10.1. The van der Waals surface area contributed by atoms with Crippen molar-refractivity contribution in [2.24, 2.45) is 0 Å². The first-order valence-electron chi connectivity index (χ1n) is 7.80. The summed E-state index contributed by atoms with van der Waals surface area (Å²) in [6.07, 6.45) is 0.597. The Bertz CT molecular complexity index is 821. The van der Waals surface area contributed by atoms with E-state index in [1.54, 1.807) is 12.1 Å². The molecule has 0 saturated carbocycles. The van der Waals surface area contributed by atoms with Crippen molar-refractivity contribution in [2.75, 3.05) is 13.2 Å². The Balaban J connectivity index is 1.84. The maximum Gasteiger partial charge on any atom is 0.345 e. The zero-order chi connectivity index (χ0) is 19.1. The van der Waals surface area contributed by atoms with E-state index >= 15 is 0 Å². The molecule has 0 heterocycles. The van der Waals surface area contributed by atoms with Crippen molar-refractivity contribution in [3.8, 4) is 0 Å². The lowest BCUT2D eigenvalue weighted by Gasteiger charge is -2.08. The smallest absolute Gasteiger partial charge is 0.345 e. The first-order valence-corrected chi connectivity index (χ1v) is 8.18. The normalized spacial score (nSPS) is 10.2. The molecule has 0 unspecified atom stereocenters. The van der Waals surface area contributed by atoms with Gasteiger partial charge in [0.05, 0.1) is 4.92 Å². The van der Waals surface area contributed by atoms with Crippen LogP contribution in [-0.2, 0) is 16.0 Å². The van der Waals surface area contributed by atoms with Crippen molar-refractivity contribution in [3.05, 3.63) is 74.3 Å². The number of nitrogens with zero attached hydrogens (tertiary/aromatic N) is 1. The second kappa shape index (κ2) is 8.96. The molecule has 1 amide bonds. The number of hydrogen-bond acceptors (Lipinski definition) is 5. The van der Waals surface area contributed by atoms with Crippen molar-refractivity contribution >= 4 is 29.2 Å². The highest BCUT2D eigenvalue weighted by atomic mass is 35.5. The van der Waals surface area contributed by atoms with E-state index in [9.17, 15) is 19.7 Å². The number of benzene rings is 2. The number of rotatable bonds is 7. The molecular formula is C18H17ClN2O5. The quantitative estimate of drug-likeness (QED) is 0.455. The largest absolute Gasteiger partial charge is 0.452 e. The van der Waals surface area contributed by atoms with Crippen molar-refractivity contribution in [3.63, 3.8) is 0 Å². The van der Waals surface area contributed by atoms with Crippen molar-refractivity contribution in [1.82, 2.24) is 5.32 Å². The molecule has 2 rings (SSSR count). The summed E-state index contributed by atoms with van der Waals surface area (Å²) < 4.78 is 4.88. The SMILES string of the molecule is Cc1cccc(C(=O)OCC(=O)NCCc2ccc(Cl)cc2)c1[N+](=O)[O-]. The molecule has 26 heavy (non-hydrogen) atoms. The van der Waals surface area contributed by atoms with Gasteiger partial charge < -0.3 is 10.1 Å². The maximum atomic E-state index is 12.0.